The highest BCUT2D eigenvalue weighted by Crippen LogP contribution is 2.30. The Kier molecular flexibility index (Phi) is 4.87. The quantitative estimate of drug-likeness (QED) is 0.802. The van der Waals surface area contributed by atoms with Crippen molar-refractivity contribution in [1.82, 2.24) is 9.97 Å². The van der Waals surface area contributed by atoms with Crippen molar-refractivity contribution in [2.75, 3.05) is 24.6 Å². The Morgan fingerprint density at radius 1 is 1.36 bits per heavy atom. The summed E-state index contributed by atoms with van der Waals surface area (Å²) in [5.74, 6) is -0.388. The fourth-order valence-corrected chi connectivity index (χ4v) is 2.41. The van der Waals surface area contributed by atoms with E-state index in [0.717, 1.165) is 6.07 Å². The Hall–Kier alpha value is -1.86. The van der Waals surface area contributed by atoms with Crippen molar-refractivity contribution in [3.05, 3.63) is 17.5 Å². The van der Waals surface area contributed by atoms with Gasteiger partial charge in [0.05, 0.1) is 12.5 Å². The maximum absolute atomic E-state index is 12.8. The van der Waals surface area contributed by atoms with Crippen molar-refractivity contribution in [2.45, 2.75) is 32.9 Å². The lowest BCUT2D eigenvalue weighted by atomic mass is 9.97. The van der Waals surface area contributed by atoms with Crippen LogP contribution in [0.5, 0.6) is 0 Å². The molecule has 8 heteroatoms. The summed E-state index contributed by atoms with van der Waals surface area (Å²) in [7, 11) is 0. The summed E-state index contributed by atoms with van der Waals surface area (Å²) < 4.78 is 43.4. The van der Waals surface area contributed by atoms with Gasteiger partial charge in [0.25, 0.3) is 0 Å². The number of hydrogen-bond acceptors (Lipinski definition) is 5. The van der Waals surface area contributed by atoms with Crippen molar-refractivity contribution in [2.24, 2.45) is 5.92 Å². The number of ether oxygens (including phenoxy) is 1. The molecular formula is C14H18F3N3O2. The number of carbonyl (C=O) groups is 1. The number of aryl methyl sites for hydroxylation is 1. The molecule has 0 amide bonds. The first-order chi connectivity index (χ1) is 10.3. The van der Waals surface area contributed by atoms with Gasteiger partial charge in [0.1, 0.15) is 5.69 Å². The molecule has 0 saturated carbocycles. The standard InChI is InChI=1S/C14H18F3N3O2/c1-3-22-12(21)10-4-6-20(7-5-10)13-18-9(2)8-11(19-13)14(15,16)17/h8,10H,3-7H2,1-2H3. The van der Waals surface area contributed by atoms with Crippen LogP contribution >= 0.6 is 0 Å². The first-order valence-electron chi connectivity index (χ1n) is 7.15. The number of anilines is 1. The minimum absolute atomic E-state index is 0.0645. The fraction of sp³-hybridized carbons (Fsp3) is 0.643. The molecule has 1 fully saturated rings. The van der Waals surface area contributed by atoms with Gasteiger partial charge in [0.2, 0.25) is 5.95 Å². The van der Waals surface area contributed by atoms with Gasteiger partial charge in [-0.1, -0.05) is 0 Å². The monoisotopic (exact) mass is 317 g/mol. The first kappa shape index (κ1) is 16.5. The number of aromatic nitrogens is 2. The topological polar surface area (TPSA) is 55.3 Å². The number of esters is 1. The minimum atomic E-state index is -4.49. The number of halogens is 3. The van der Waals surface area contributed by atoms with Gasteiger partial charge in [-0.25, -0.2) is 9.97 Å². The molecule has 0 aliphatic carbocycles. The molecule has 0 atom stereocenters. The maximum Gasteiger partial charge on any atom is 0.433 e. The van der Waals surface area contributed by atoms with Crippen LogP contribution in [0.1, 0.15) is 31.2 Å². The van der Waals surface area contributed by atoms with E-state index in [1.54, 1.807) is 11.8 Å². The average molecular weight is 317 g/mol. The van der Waals surface area contributed by atoms with Gasteiger partial charge in [-0.2, -0.15) is 13.2 Å². The van der Waals surface area contributed by atoms with Gasteiger partial charge < -0.3 is 9.64 Å². The molecular weight excluding hydrogens is 299 g/mol. The molecule has 22 heavy (non-hydrogen) atoms. The summed E-state index contributed by atoms with van der Waals surface area (Å²) in [6.45, 7) is 4.45. The number of alkyl halides is 3. The van der Waals surface area contributed by atoms with E-state index in [-0.39, 0.29) is 23.5 Å². The number of piperidine rings is 1. The number of carbonyl (C=O) groups excluding carboxylic acids is 1. The molecule has 2 rings (SSSR count). The molecule has 5 nitrogen and oxygen atoms in total. The second-order valence-corrected chi connectivity index (χ2v) is 5.21. The number of rotatable bonds is 3. The van der Waals surface area contributed by atoms with Crippen LogP contribution in [0.4, 0.5) is 19.1 Å². The molecule has 0 N–H and O–H groups in total. The fourth-order valence-electron chi connectivity index (χ4n) is 2.41. The normalized spacial score (nSPS) is 16.7. The number of hydrogen-bond donors (Lipinski definition) is 0. The Bertz CT molecular complexity index is 541. The zero-order valence-electron chi connectivity index (χ0n) is 12.5. The second-order valence-electron chi connectivity index (χ2n) is 5.21. The molecule has 1 aromatic heterocycles. The predicted octanol–water partition coefficient (Wildman–Crippen LogP) is 2.58. The van der Waals surface area contributed by atoms with E-state index in [1.807, 2.05) is 0 Å². The molecule has 122 valence electrons. The van der Waals surface area contributed by atoms with Crippen LogP contribution in [0.2, 0.25) is 0 Å². The van der Waals surface area contributed by atoms with Crippen LogP contribution in [-0.4, -0.2) is 35.6 Å². The second kappa shape index (κ2) is 6.50. The van der Waals surface area contributed by atoms with Crippen molar-refractivity contribution >= 4 is 11.9 Å². The lowest BCUT2D eigenvalue weighted by Crippen LogP contribution is -2.38. The predicted molar refractivity (Wildman–Crippen MR) is 73.3 cm³/mol. The van der Waals surface area contributed by atoms with Gasteiger partial charge in [-0.3, -0.25) is 4.79 Å². The van der Waals surface area contributed by atoms with Crippen molar-refractivity contribution in [1.29, 1.82) is 0 Å². The lowest BCUT2D eigenvalue weighted by molar-refractivity contribution is -0.148. The largest absolute Gasteiger partial charge is 0.466 e. The summed E-state index contributed by atoms with van der Waals surface area (Å²) >= 11 is 0. The van der Waals surface area contributed by atoms with Crippen molar-refractivity contribution in [3.8, 4) is 0 Å². The summed E-state index contributed by atoms with van der Waals surface area (Å²) in [5.41, 5.74) is -0.674. The Morgan fingerprint density at radius 3 is 2.55 bits per heavy atom. The molecule has 2 heterocycles. The van der Waals surface area contributed by atoms with Crippen molar-refractivity contribution in [3.63, 3.8) is 0 Å². The molecule has 0 radical (unpaired) electrons. The van der Waals surface area contributed by atoms with Crippen LogP contribution in [0.15, 0.2) is 6.07 Å². The van der Waals surface area contributed by atoms with Gasteiger partial charge in [-0.05, 0) is 32.8 Å². The van der Waals surface area contributed by atoms with Crippen molar-refractivity contribution < 1.29 is 22.7 Å². The molecule has 1 aromatic rings. The van der Waals surface area contributed by atoms with E-state index >= 15 is 0 Å². The van der Waals surface area contributed by atoms with Crippen LogP contribution in [-0.2, 0) is 15.7 Å². The molecule has 1 aliphatic rings. The summed E-state index contributed by atoms with van der Waals surface area (Å²) in [5, 5.41) is 0. The van der Waals surface area contributed by atoms with Gasteiger partial charge in [-0.15, -0.1) is 0 Å². The molecule has 0 unspecified atom stereocenters. The molecule has 0 bridgehead atoms. The summed E-state index contributed by atoms with van der Waals surface area (Å²) in [6, 6.07) is 0.925. The van der Waals surface area contributed by atoms with Crippen LogP contribution in [0, 0.1) is 12.8 Å². The van der Waals surface area contributed by atoms with Gasteiger partial charge in [0, 0.05) is 18.8 Å². The maximum atomic E-state index is 12.8. The molecule has 0 aromatic carbocycles. The Labute approximate surface area is 126 Å². The smallest absolute Gasteiger partial charge is 0.433 e. The zero-order chi connectivity index (χ0) is 16.3. The van der Waals surface area contributed by atoms with E-state index in [2.05, 4.69) is 9.97 Å². The van der Waals surface area contributed by atoms with Crippen LogP contribution in [0.25, 0.3) is 0 Å². The molecule has 0 spiro atoms. The lowest BCUT2D eigenvalue weighted by Gasteiger charge is -2.31. The third-order valence-electron chi connectivity index (χ3n) is 3.53. The third-order valence-corrected chi connectivity index (χ3v) is 3.53. The number of nitrogens with zero attached hydrogens (tertiary/aromatic N) is 3. The van der Waals surface area contributed by atoms with Crippen LogP contribution in [0.3, 0.4) is 0 Å². The molecule has 1 saturated heterocycles. The zero-order valence-corrected chi connectivity index (χ0v) is 12.5. The van der Waals surface area contributed by atoms with E-state index in [4.69, 9.17) is 4.74 Å². The highest BCUT2D eigenvalue weighted by molar-refractivity contribution is 5.72. The summed E-state index contributed by atoms with van der Waals surface area (Å²) in [4.78, 5) is 21.0. The van der Waals surface area contributed by atoms with E-state index in [9.17, 15) is 18.0 Å². The third kappa shape index (κ3) is 3.86. The van der Waals surface area contributed by atoms with E-state index < -0.39 is 11.9 Å². The Morgan fingerprint density at radius 2 is 2.00 bits per heavy atom. The summed E-state index contributed by atoms with van der Waals surface area (Å²) in [6.07, 6.45) is -3.44. The molecule has 1 aliphatic heterocycles. The van der Waals surface area contributed by atoms with E-state index in [1.165, 1.54) is 6.92 Å². The SMILES string of the molecule is CCOC(=O)C1CCN(c2nc(C)cc(C(F)(F)F)n2)CC1. The Balaban J connectivity index is 2.08. The van der Waals surface area contributed by atoms with E-state index in [0.29, 0.717) is 32.5 Å². The highest BCUT2D eigenvalue weighted by atomic mass is 19.4. The first-order valence-corrected chi connectivity index (χ1v) is 7.15. The van der Waals surface area contributed by atoms with Gasteiger partial charge >= 0.3 is 12.1 Å². The van der Waals surface area contributed by atoms with Gasteiger partial charge in [0.15, 0.2) is 0 Å². The average Bonchev–Trinajstić information content (AvgIpc) is 2.46. The minimum Gasteiger partial charge on any atom is -0.466 e. The highest BCUT2D eigenvalue weighted by Gasteiger charge is 2.34. The van der Waals surface area contributed by atoms with Crippen LogP contribution < -0.4 is 4.90 Å².